The highest BCUT2D eigenvalue weighted by Gasteiger charge is 2.36. The first-order chi connectivity index (χ1) is 8.09. The van der Waals surface area contributed by atoms with Crippen molar-refractivity contribution in [3.8, 4) is 0 Å². The predicted molar refractivity (Wildman–Crippen MR) is 65.9 cm³/mol. The molecule has 1 fully saturated rings. The number of amides is 2. The standard InChI is InChI=1S/C11H16N2O3S/c1-8-3-2-4-12(5-8)11(16)13-7-17-6-9(13)10(14)15/h3,9H,2,4-7H2,1H3,(H,14,15)/t9-/m0/s1. The average Bonchev–Trinajstić information content (AvgIpc) is 2.77. The van der Waals surface area contributed by atoms with Crippen molar-refractivity contribution >= 4 is 23.8 Å². The molecule has 0 radical (unpaired) electrons. The molecule has 0 saturated carbocycles. The maximum atomic E-state index is 12.2. The van der Waals surface area contributed by atoms with Crippen LogP contribution in [0.25, 0.3) is 0 Å². The molecule has 1 N–H and O–H groups in total. The molecule has 2 amide bonds. The minimum Gasteiger partial charge on any atom is -0.480 e. The Morgan fingerprint density at radius 3 is 2.94 bits per heavy atom. The second kappa shape index (κ2) is 5.00. The molecule has 94 valence electrons. The lowest BCUT2D eigenvalue weighted by atomic mass is 10.1. The molecule has 5 nitrogen and oxygen atoms in total. The monoisotopic (exact) mass is 256 g/mol. The lowest BCUT2D eigenvalue weighted by Gasteiger charge is -2.31. The zero-order chi connectivity index (χ0) is 12.4. The molecule has 1 atom stereocenters. The number of urea groups is 1. The van der Waals surface area contributed by atoms with E-state index in [2.05, 4.69) is 6.08 Å². The minimum atomic E-state index is -0.910. The molecule has 0 aromatic carbocycles. The van der Waals surface area contributed by atoms with Crippen molar-refractivity contribution in [3.05, 3.63) is 11.6 Å². The van der Waals surface area contributed by atoms with Gasteiger partial charge in [-0.1, -0.05) is 11.6 Å². The highest BCUT2D eigenvalue weighted by molar-refractivity contribution is 7.99. The van der Waals surface area contributed by atoms with Gasteiger partial charge in [0.2, 0.25) is 0 Å². The Balaban J connectivity index is 2.04. The number of nitrogens with zero attached hydrogens (tertiary/aromatic N) is 2. The summed E-state index contributed by atoms with van der Waals surface area (Å²) in [7, 11) is 0. The van der Waals surface area contributed by atoms with E-state index in [9.17, 15) is 9.59 Å². The summed E-state index contributed by atoms with van der Waals surface area (Å²) < 4.78 is 0. The van der Waals surface area contributed by atoms with Gasteiger partial charge in [0.1, 0.15) is 6.04 Å². The highest BCUT2D eigenvalue weighted by Crippen LogP contribution is 2.23. The van der Waals surface area contributed by atoms with Gasteiger partial charge in [0, 0.05) is 18.8 Å². The van der Waals surface area contributed by atoms with Crippen LogP contribution in [0.3, 0.4) is 0 Å². The maximum absolute atomic E-state index is 12.2. The summed E-state index contributed by atoms with van der Waals surface area (Å²) in [5.74, 6) is 0.0614. The van der Waals surface area contributed by atoms with Gasteiger partial charge >= 0.3 is 12.0 Å². The van der Waals surface area contributed by atoms with E-state index in [1.165, 1.54) is 22.2 Å². The van der Waals surface area contributed by atoms with Crippen LogP contribution in [-0.2, 0) is 4.79 Å². The van der Waals surface area contributed by atoms with E-state index in [-0.39, 0.29) is 6.03 Å². The number of carbonyl (C=O) groups excluding carboxylic acids is 1. The third-order valence-corrected chi connectivity index (χ3v) is 4.03. The number of carboxylic acid groups (broad SMARTS) is 1. The fraction of sp³-hybridized carbons (Fsp3) is 0.636. The zero-order valence-corrected chi connectivity index (χ0v) is 10.6. The molecule has 0 spiro atoms. The van der Waals surface area contributed by atoms with Crippen LogP contribution in [0.1, 0.15) is 13.3 Å². The Morgan fingerprint density at radius 1 is 1.53 bits per heavy atom. The van der Waals surface area contributed by atoms with Gasteiger partial charge in [-0.05, 0) is 13.3 Å². The van der Waals surface area contributed by atoms with Crippen molar-refractivity contribution < 1.29 is 14.7 Å². The molecule has 0 aromatic rings. The molecule has 2 aliphatic rings. The summed E-state index contributed by atoms with van der Waals surface area (Å²) in [5, 5.41) is 9.05. The molecule has 17 heavy (non-hydrogen) atoms. The Hall–Kier alpha value is -1.17. The van der Waals surface area contributed by atoms with Crippen LogP contribution < -0.4 is 0 Å². The number of thioether (sulfide) groups is 1. The highest BCUT2D eigenvalue weighted by atomic mass is 32.2. The Bertz CT molecular complexity index is 370. The molecule has 2 rings (SSSR count). The summed E-state index contributed by atoms with van der Waals surface area (Å²) in [6.07, 6.45) is 2.98. The maximum Gasteiger partial charge on any atom is 0.327 e. The van der Waals surface area contributed by atoms with Gasteiger partial charge in [0.05, 0.1) is 5.88 Å². The van der Waals surface area contributed by atoms with E-state index in [0.29, 0.717) is 24.7 Å². The molecule has 0 aromatic heterocycles. The smallest absolute Gasteiger partial charge is 0.327 e. The van der Waals surface area contributed by atoms with E-state index in [4.69, 9.17) is 5.11 Å². The molecule has 0 unspecified atom stereocenters. The van der Waals surface area contributed by atoms with Crippen molar-refractivity contribution in [3.63, 3.8) is 0 Å². The van der Waals surface area contributed by atoms with E-state index in [1.807, 2.05) is 6.92 Å². The molecule has 0 aliphatic carbocycles. The molecule has 0 bridgehead atoms. The van der Waals surface area contributed by atoms with Crippen LogP contribution >= 0.6 is 11.8 Å². The second-order valence-corrected chi connectivity index (χ2v) is 5.37. The third kappa shape index (κ3) is 2.57. The number of hydrogen-bond donors (Lipinski definition) is 1. The molecular formula is C11H16N2O3S. The van der Waals surface area contributed by atoms with Gasteiger partial charge in [0.25, 0.3) is 0 Å². The van der Waals surface area contributed by atoms with Crippen molar-refractivity contribution in [2.24, 2.45) is 0 Å². The largest absolute Gasteiger partial charge is 0.480 e. The Kier molecular flexibility index (Phi) is 3.61. The van der Waals surface area contributed by atoms with E-state index >= 15 is 0 Å². The second-order valence-electron chi connectivity index (χ2n) is 4.37. The van der Waals surface area contributed by atoms with Crippen molar-refractivity contribution in [2.75, 3.05) is 24.7 Å². The Labute approximate surface area is 104 Å². The van der Waals surface area contributed by atoms with Crippen LogP contribution in [0.15, 0.2) is 11.6 Å². The lowest BCUT2D eigenvalue weighted by molar-refractivity contribution is -0.140. The van der Waals surface area contributed by atoms with E-state index in [1.54, 1.807) is 4.90 Å². The predicted octanol–water partition coefficient (Wildman–Crippen LogP) is 1.22. The van der Waals surface area contributed by atoms with Crippen LogP contribution in [-0.4, -0.2) is 57.7 Å². The SMILES string of the molecule is CC1=CCCN(C(=O)N2CSC[C@H]2C(=O)O)C1. The first kappa shape index (κ1) is 12.3. The fourth-order valence-corrected chi connectivity index (χ4v) is 3.23. The first-order valence-corrected chi connectivity index (χ1v) is 6.77. The molecule has 6 heteroatoms. The number of hydrogen-bond acceptors (Lipinski definition) is 3. The minimum absolute atomic E-state index is 0.144. The van der Waals surface area contributed by atoms with Crippen LogP contribution in [0, 0.1) is 0 Å². The van der Waals surface area contributed by atoms with Crippen LogP contribution in [0.4, 0.5) is 4.79 Å². The normalized spacial score (nSPS) is 24.8. The van der Waals surface area contributed by atoms with Crippen molar-refractivity contribution in [2.45, 2.75) is 19.4 Å². The van der Waals surface area contributed by atoms with Gasteiger partial charge in [-0.2, -0.15) is 0 Å². The number of carboxylic acids is 1. The fourth-order valence-electron chi connectivity index (χ4n) is 2.09. The zero-order valence-electron chi connectivity index (χ0n) is 9.76. The summed E-state index contributed by atoms with van der Waals surface area (Å²) >= 11 is 1.49. The molecule has 2 heterocycles. The number of aliphatic carboxylic acids is 1. The van der Waals surface area contributed by atoms with Crippen LogP contribution in [0.5, 0.6) is 0 Å². The summed E-state index contributed by atoms with van der Waals surface area (Å²) in [5.41, 5.74) is 1.17. The first-order valence-electron chi connectivity index (χ1n) is 5.61. The van der Waals surface area contributed by atoms with Gasteiger partial charge < -0.3 is 14.9 Å². The van der Waals surface area contributed by atoms with Crippen molar-refractivity contribution in [1.82, 2.24) is 9.80 Å². The molecular weight excluding hydrogens is 240 g/mol. The topological polar surface area (TPSA) is 60.9 Å². The van der Waals surface area contributed by atoms with Crippen molar-refractivity contribution in [1.29, 1.82) is 0 Å². The lowest BCUT2D eigenvalue weighted by Crippen LogP contribution is -2.50. The Morgan fingerprint density at radius 2 is 2.29 bits per heavy atom. The summed E-state index contributed by atoms with van der Waals surface area (Å²) in [6, 6.07) is -0.812. The van der Waals surface area contributed by atoms with Gasteiger partial charge in [-0.3, -0.25) is 0 Å². The summed E-state index contributed by atoms with van der Waals surface area (Å²) in [6.45, 7) is 3.29. The third-order valence-electron chi connectivity index (χ3n) is 3.02. The van der Waals surface area contributed by atoms with Gasteiger partial charge in [0.15, 0.2) is 0 Å². The molecule has 1 saturated heterocycles. The quantitative estimate of drug-likeness (QED) is 0.717. The van der Waals surface area contributed by atoms with E-state index < -0.39 is 12.0 Å². The number of rotatable bonds is 1. The van der Waals surface area contributed by atoms with E-state index in [0.717, 1.165) is 6.42 Å². The molecule has 2 aliphatic heterocycles. The summed E-state index contributed by atoms with van der Waals surface area (Å²) in [4.78, 5) is 26.4. The average molecular weight is 256 g/mol. The number of carbonyl (C=O) groups is 2. The van der Waals surface area contributed by atoms with Gasteiger partial charge in [-0.25, -0.2) is 9.59 Å². The van der Waals surface area contributed by atoms with Crippen LogP contribution in [0.2, 0.25) is 0 Å². The van der Waals surface area contributed by atoms with Gasteiger partial charge in [-0.15, -0.1) is 11.8 Å².